The molecule has 5 nitrogen and oxygen atoms in total. The molecular weight excluding hydrogens is 414 g/mol. The Bertz CT molecular complexity index is 582. The molecule has 4 unspecified atom stereocenters. The lowest BCUT2D eigenvalue weighted by atomic mass is 9.75. The molecule has 0 aromatic rings. The van der Waals surface area contributed by atoms with Gasteiger partial charge in [-0.1, -0.05) is 55.4 Å². The van der Waals surface area contributed by atoms with Crippen molar-refractivity contribution < 1.29 is 19.1 Å². The predicted octanol–water partition coefficient (Wildman–Crippen LogP) is 5.70. The molecule has 0 spiro atoms. The van der Waals surface area contributed by atoms with E-state index in [1.54, 1.807) is 0 Å². The molecule has 0 aliphatic carbocycles. The van der Waals surface area contributed by atoms with Gasteiger partial charge in [0.25, 0.3) is 0 Å². The summed E-state index contributed by atoms with van der Waals surface area (Å²) in [4.78, 5) is 41.4. The molecule has 0 saturated carbocycles. The molecule has 0 aliphatic rings. The normalized spacial score (nSPS) is 15.8. The van der Waals surface area contributed by atoms with E-state index in [2.05, 4.69) is 32.6 Å². The lowest BCUT2D eigenvalue weighted by molar-refractivity contribution is -0.133. The van der Waals surface area contributed by atoms with Crippen molar-refractivity contribution in [3.8, 4) is 0 Å². The van der Waals surface area contributed by atoms with Gasteiger partial charge in [-0.05, 0) is 51.1 Å². The molecule has 33 heavy (non-hydrogen) atoms. The number of carbonyl (C=O) groups is 3. The Balaban J connectivity index is 5.62. The summed E-state index contributed by atoms with van der Waals surface area (Å²) in [6, 6.07) is 0. The van der Waals surface area contributed by atoms with Crippen LogP contribution in [0.5, 0.6) is 0 Å². The van der Waals surface area contributed by atoms with Gasteiger partial charge in [-0.3, -0.25) is 14.4 Å². The van der Waals surface area contributed by atoms with Gasteiger partial charge in [-0.2, -0.15) is 0 Å². The van der Waals surface area contributed by atoms with Gasteiger partial charge in [-0.25, -0.2) is 0 Å². The molecular formula is C28H53NO4. The standard InChI is InChI=1S/C28H53NO4/c1-11-23(27(31)15-20(4)5)17-24(16-22(8)26(30)14-19(2)3)28(32)25(21(6)7)18-33-13-12-29(9)10/h19-25H,11-18H2,1-10H3. The first-order valence-electron chi connectivity index (χ1n) is 13.1. The SMILES string of the molecule is CCC(CC(CC(C)C(=O)CC(C)C)C(=O)C(COCCN(C)C)C(C)C)C(=O)CC(C)C. The number of rotatable bonds is 19. The summed E-state index contributed by atoms with van der Waals surface area (Å²) in [5.74, 6) is 0.561. The molecule has 0 radical (unpaired) electrons. The molecule has 4 atom stereocenters. The number of hydrogen-bond acceptors (Lipinski definition) is 5. The van der Waals surface area contributed by atoms with Crippen LogP contribution in [0.15, 0.2) is 0 Å². The molecule has 0 bridgehead atoms. The second-order valence-electron chi connectivity index (χ2n) is 11.4. The number of ketones is 3. The molecule has 0 fully saturated rings. The largest absolute Gasteiger partial charge is 0.379 e. The van der Waals surface area contributed by atoms with Crippen LogP contribution in [0.4, 0.5) is 0 Å². The van der Waals surface area contributed by atoms with Gasteiger partial charge in [0, 0.05) is 43.1 Å². The van der Waals surface area contributed by atoms with Crippen molar-refractivity contribution in [2.45, 2.75) is 87.5 Å². The van der Waals surface area contributed by atoms with Crippen molar-refractivity contribution >= 4 is 17.3 Å². The highest BCUT2D eigenvalue weighted by Gasteiger charge is 2.34. The van der Waals surface area contributed by atoms with E-state index in [9.17, 15) is 14.4 Å². The number of likely N-dealkylation sites (N-methyl/N-ethyl adjacent to an activating group) is 1. The molecule has 0 amide bonds. The zero-order valence-electron chi connectivity index (χ0n) is 23.3. The van der Waals surface area contributed by atoms with Crippen LogP contribution < -0.4 is 0 Å². The molecule has 0 aromatic carbocycles. The minimum Gasteiger partial charge on any atom is -0.379 e. The number of ether oxygens (including phenoxy) is 1. The van der Waals surface area contributed by atoms with Crippen molar-refractivity contribution in [3.63, 3.8) is 0 Å². The zero-order chi connectivity index (χ0) is 25.7. The quantitative estimate of drug-likeness (QED) is 0.228. The summed E-state index contributed by atoms with van der Waals surface area (Å²) in [7, 11) is 4.00. The van der Waals surface area contributed by atoms with Gasteiger partial charge in [0.1, 0.15) is 17.3 Å². The second kappa shape index (κ2) is 16.5. The van der Waals surface area contributed by atoms with E-state index in [-0.39, 0.29) is 46.9 Å². The Morgan fingerprint density at radius 3 is 1.79 bits per heavy atom. The Hall–Kier alpha value is -1.07. The molecule has 0 N–H and O–H groups in total. The third-order valence-electron chi connectivity index (χ3n) is 6.48. The van der Waals surface area contributed by atoms with Crippen LogP contribution in [0, 0.1) is 41.4 Å². The maximum Gasteiger partial charge on any atom is 0.141 e. The van der Waals surface area contributed by atoms with Crippen molar-refractivity contribution in [1.82, 2.24) is 4.90 Å². The molecule has 0 saturated heterocycles. The van der Waals surface area contributed by atoms with Crippen molar-refractivity contribution in [2.24, 2.45) is 41.4 Å². The Kier molecular flexibility index (Phi) is 16.0. The first kappa shape index (κ1) is 31.9. The summed E-state index contributed by atoms with van der Waals surface area (Å²) in [6.45, 7) is 18.1. The first-order chi connectivity index (χ1) is 15.3. The molecule has 0 aromatic heterocycles. The van der Waals surface area contributed by atoms with Gasteiger partial charge in [-0.15, -0.1) is 0 Å². The topological polar surface area (TPSA) is 63.7 Å². The maximum atomic E-state index is 13.8. The fourth-order valence-corrected chi connectivity index (χ4v) is 4.29. The van der Waals surface area contributed by atoms with Crippen LogP contribution in [0.3, 0.4) is 0 Å². The lowest BCUT2D eigenvalue weighted by Gasteiger charge is -2.29. The fourth-order valence-electron chi connectivity index (χ4n) is 4.29. The van der Waals surface area contributed by atoms with Gasteiger partial charge >= 0.3 is 0 Å². The monoisotopic (exact) mass is 467 g/mol. The number of Topliss-reactive ketones (excluding diaryl/α,β-unsaturated/α-hetero) is 3. The van der Waals surface area contributed by atoms with Crippen LogP contribution >= 0.6 is 0 Å². The van der Waals surface area contributed by atoms with Crippen LogP contribution in [0.1, 0.15) is 87.5 Å². The summed E-state index contributed by atoms with van der Waals surface area (Å²) in [5, 5.41) is 0. The highest BCUT2D eigenvalue weighted by atomic mass is 16.5. The van der Waals surface area contributed by atoms with Crippen LogP contribution in [0.25, 0.3) is 0 Å². The summed E-state index contributed by atoms with van der Waals surface area (Å²) < 4.78 is 5.88. The zero-order valence-corrected chi connectivity index (χ0v) is 23.3. The van der Waals surface area contributed by atoms with E-state index in [0.29, 0.717) is 50.7 Å². The minimum absolute atomic E-state index is 0.128. The Labute approximate surface area is 204 Å². The highest BCUT2D eigenvalue weighted by Crippen LogP contribution is 2.31. The molecule has 5 heteroatoms. The number of hydrogen-bond donors (Lipinski definition) is 0. The summed E-state index contributed by atoms with van der Waals surface area (Å²) >= 11 is 0. The molecule has 194 valence electrons. The fraction of sp³-hybridized carbons (Fsp3) is 0.893. The van der Waals surface area contributed by atoms with Crippen LogP contribution in [-0.4, -0.2) is 56.1 Å². The maximum absolute atomic E-state index is 13.8. The lowest BCUT2D eigenvalue weighted by Crippen LogP contribution is -2.35. The van der Waals surface area contributed by atoms with Crippen molar-refractivity contribution in [1.29, 1.82) is 0 Å². The van der Waals surface area contributed by atoms with E-state index in [1.807, 2.05) is 41.8 Å². The summed E-state index contributed by atoms with van der Waals surface area (Å²) in [5.41, 5.74) is 0. The van der Waals surface area contributed by atoms with Crippen molar-refractivity contribution in [3.05, 3.63) is 0 Å². The van der Waals surface area contributed by atoms with Gasteiger partial charge in [0.2, 0.25) is 0 Å². The number of carbonyl (C=O) groups excluding carboxylic acids is 3. The third-order valence-corrected chi connectivity index (χ3v) is 6.48. The van der Waals surface area contributed by atoms with E-state index in [1.165, 1.54) is 0 Å². The number of nitrogens with zero attached hydrogens (tertiary/aromatic N) is 1. The van der Waals surface area contributed by atoms with Crippen LogP contribution in [-0.2, 0) is 19.1 Å². The Morgan fingerprint density at radius 1 is 0.788 bits per heavy atom. The van der Waals surface area contributed by atoms with Gasteiger partial charge in [0.15, 0.2) is 0 Å². The highest BCUT2D eigenvalue weighted by molar-refractivity contribution is 5.87. The average molecular weight is 468 g/mol. The third kappa shape index (κ3) is 13.4. The summed E-state index contributed by atoms with van der Waals surface area (Å²) in [6.07, 6.45) is 2.88. The van der Waals surface area contributed by atoms with E-state index in [0.717, 1.165) is 13.0 Å². The van der Waals surface area contributed by atoms with Crippen molar-refractivity contribution in [2.75, 3.05) is 33.9 Å². The average Bonchev–Trinajstić information content (AvgIpc) is 2.68. The molecule has 0 aliphatic heterocycles. The van der Waals surface area contributed by atoms with Gasteiger partial charge < -0.3 is 9.64 Å². The van der Waals surface area contributed by atoms with Crippen LogP contribution in [0.2, 0.25) is 0 Å². The molecule has 0 heterocycles. The smallest absolute Gasteiger partial charge is 0.141 e. The Morgan fingerprint density at radius 2 is 1.33 bits per heavy atom. The van der Waals surface area contributed by atoms with E-state index in [4.69, 9.17) is 4.74 Å². The molecule has 0 rings (SSSR count). The second-order valence-corrected chi connectivity index (χ2v) is 11.4. The first-order valence-corrected chi connectivity index (χ1v) is 13.1. The predicted molar refractivity (Wildman–Crippen MR) is 137 cm³/mol. The van der Waals surface area contributed by atoms with Gasteiger partial charge in [0.05, 0.1) is 13.2 Å². The van der Waals surface area contributed by atoms with E-state index < -0.39 is 0 Å². The van der Waals surface area contributed by atoms with E-state index >= 15 is 0 Å². The minimum atomic E-state index is -0.290.